The number of halogens is 2. The molecular weight excluding hydrogens is 349 g/mol. The quantitative estimate of drug-likeness (QED) is 0.689. The van der Waals surface area contributed by atoms with Crippen LogP contribution < -0.4 is 4.90 Å². The Morgan fingerprint density at radius 2 is 2.12 bits per heavy atom. The van der Waals surface area contributed by atoms with E-state index in [4.69, 9.17) is 16.3 Å². The molecule has 0 aliphatic carbocycles. The lowest BCUT2D eigenvalue weighted by Crippen LogP contribution is -2.34. The zero-order chi connectivity index (χ0) is 18.2. The first-order valence-corrected chi connectivity index (χ1v) is 7.77. The average molecular weight is 364 g/mol. The highest BCUT2D eigenvalue weighted by molar-refractivity contribution is 6.28. The number of aromatic amines is 1. The number of rotatable bonds is 2. The lowest BCUT2D eigenvalue weighted by atomic mass is 10.2. The fourth-order valence-electron chi connectivity index (χ4n) is 2.20. The molecule has 0 unspecified atom stereocenters. The first kappa shape index (κ1) is 17.1. The van der Waals surface area contributed by atoms with Crippen molar-refractivity contribution in [1.82, 2.24) is 20.2 Å². The Hall–Kier alpha value is -2.74. The van der Waals surface area contributed by atoms with Crippen molar-refractivity contribution in [2.24, 2.45) is 0 Å². The van der Waals surface area contributed by atoms with E-state index >= 15 is 0 Å². The van der Waals surface area contributed by atoms with Crippen LogP contribution in [0.4, 0.5) is 20.7 Å². The average Bonchev–Trinajstić information content (AvgIpc) is 2.93. The molecule has 2 aromatic heterocycles. The standard InChI is InChI=1S/C16H15ClFN5O2/c1-16(2,3)25-15(24)23(13-4-5-19-14(17)21-13)12-6-9-8-20-22-11(9)7-10(12)18/h4-8H,1-3H3,(H,20,22). The smallest absolute Gasteiger partial charge is 0.420 e. The Kier molecular flexibility index (Phi) is 4.30. The lowest BCUT2D eigenvalue weighted by Gasteiger charge is -2.27. The van der Waals surface area contributed by atoms with Gasteiger partial charge in [0.1, 0.15) is 17.2 Å². The van der Waals surface area contributed by atoms with Crippen LogP contribution >= 0.6 is 11.6 Å². The molecule has 0 fully saturated rings. The molecule has 1 aromatic carbocycles. The van der Waals surface area contributed by atoms with Gasteiger partial charge >= 0.3 is 6.09 Å². The largest absolute Gasteiger partial charge is 0.443 e. The zero-order valence-electron chi connectivity index (χ0n) is 13.7. The number of H-pyrrole nitrogens is 1. The van der Waals surface area contributed by atoms with Crippen LogP contribution in [0, 0.1) is 5.82 Å². The van der Waals surface area contributed by atoms with Crippen LogP contribution in [0.2, 0.25) is 5.28 Å². The van der Waals surface area contributed by atoms with Gasteiger partial charge in [-0.2, -0.15) is 10.1 Å². The number of aromatic nitrogens is 4. The second-order valence-electron chi connectivity index (χ2n) is 6.26. The second-order valence-corrected chi connectivity index (χ2v) is 6.60. The van der Waals surface area contributed by atoms with E-state index in [1.54, 1.807) is 20.8 Å². The summed E-state index contributed by atoms with van der Waals surface area (Å²) in [5, 5.41) is 7.09. The van der Waals surface area contributed by atoms with Crippen LogP contribution in [0.3, 0.4) is 0 Å². The van der Waals surface area contributed by atoms with Gasteiger partial charge in [-0.1, -0.05) is 0 Å². The molecule has 0 bridgehead atoms. The normalized spacial score (nSPS) is 11.6. The predicted octanol–water partition coefficient (Wildman–Crippen LogP) is 4.22. The first-order chi connectivity index (χ1) is 11.7. The van der Waals surface area contributed by atoms with Gasteiger partial charge in [0, 0.05) is 23.7 Å². The van der Waals surface area contributed by atoms with Gasteiger partial charge < -0.3 is 4.74 Å². The Labute approximate surface area is 147 Å². The summed E-state index contributed by atoms with van der Waals surface area (Å²) in [6.45, 7) is 5.14. The monoisotopic (exact) mass is 363 g/mol. The molecule has 0 saturated heterocycles. The van der Waals surface area contributed by atoms with Crippen LogP contribution in [-0.2, 0) is 4.74 Å². The zero-order valence-corrected chi connectivity index (χ0v) is 14.5. The van der Waals surface area contributed by atoms with Gasteiger partial charge in [-0.05, 0) is 38.4 Å². The number of anilines is 2. The molecule has 3 rings (SSSR count). The highest BCUT2D eigenvalue weighted by Gasteiger charge is 2.28. The number of nitrogens with one attached hydrogen (secondary N) is 1. The van der Waals surface area contributed by atoms with Crippen molar-refractivity contribution < 1.29 is 13.9 Å². The Morgan fingerprint density at radius 1 is 1.36 bits per heavy atom. The maximum atomic E-state index is 14.7. The third-order valence-electron chi connectivity index (χ3n) is 3.17. The molecule has 0 saturated carbocycles. The predicted molar refractivity (Wildman–Crippen MR) is 91.5 cm³/mol. The molecule has 9 heteroatoms. The molecule has 0 atom stereocenters. The third-order valence-corrected chi connectivity index (χ3v) is 3.35. The molecule has 0 spiro atoms. The molecule has 3 aromatic rings. The van der Waals surface area contributed by atoms with Crippen LogP contribution in [0.5, 0.6) is 0 Å². The summed E-state index contributed by atoms with van der Waals surface area (Å²) >= 11 is 5.82. The van der Waals surface area contributed by atoms with Crippen molar-refractivity contribution in [1.29, 1.82) is 0 Å². The molecule has 0 radical (unpaired) electrons. The molecule has 2 heterocycles. The summed E-state index contributed by atoms with van der Waals surface area (Å²) < 4.78 is 20.0. The third kappa shape index (κ3) is 3.69. The highest BCUT2D eigenvalue weighted by atomic mass is 35.5. The molecule has 25 heavy (non-hydrogen) atoms. The van der Waals surface area contributed by atoms with E-state index < -0.39 is 17.5 Å². The Morgan fingerprint density at radius 3 is 2.80 bits per heavy atom. The van der Waals surface area contributed by atoms with Gasteiger partial charge in [-0.25, -0.2) is 19.1 Å². The lowest BCUT2D eigenvalue weighted by molar-refractivity contribution is 0.0597. The maximum absolute atomic E-state index is 14.7. The SMILES string of the molecule is CC(C)(C)OC(=O)N(c1ccnc(Cl)n1)c1cc2cn[nH]c2cc1F. The van der Waals surface area contributed by atoms with Crippen molar-refractivity contribution >= 4 is 40.1 Å². The topological polar surface area (TPSA) is 84.0 Å². The van der Waals surface area contributed by atoms with E-state index in [-0.39, 0.29) is 16.8 Å². The van der Waals surface area contributed by atoms with Crippen LogP contribution in [0.15, 0.2) is 30.6 Å². The van der Waals surface area contributed by atoms with Gasteiger partial charge in [0.25, 0.3) is 0 Å². The van der Waals surface area contributed by atoms with Gasteiger partial charge in [0.15, 0.2) is 0 Å². The van der Waals surface area contributed by atoms with Crippen molar-refractivity contribution in [3.8, 4) is 0 Å². The van der Waals surface area contributed by atoms with Gasteiger partial charge in [-0.15, -0.1) is 0 Å². The van der Waals surface area contributed by atoms with Crippen LogP contribution in [-0.4, -0.2) is 31.9 Å². The number of ether oxygens (including phenoxy) is 1. The number of carbonyl (C=O) groups is 1. The number of hydrogen-bond donors (Lipinski definition) is 1. The minimum Gasteiger partial charge on any atom is -0.443 e. The Balaban J connectivity index is 2.15. The summed E-state index contributed by atoms with van der Waals surface area (Å²) in [4.78, 5) is 21.5. The second kappa shape index (κ2) is 6.29. The number of hydrogen-bond acceptors (Lipinski definition) is 5. The highest BCUT2D eigenvalue weighted by Crippen LogP contribution is 2.31. The van der Waals surface area contributed by atoms with Crippen LogP contribution in [0.25, 0.3) is 10.9 Å². The van der Waals surface area contributed by atoms with Crippen molar-refractivity contribution in [2.45, 2.75) is 26.4 Å². The summed E-state index contributed by atoms with van der Waals surface area (Å²) in [6, 6.07) is 4.17. The fraction of sp³-hybridized carbons (Fsp3) is 0.250. The molecule has 130 valence electrons. The van der Waals surface area contributed by atoms with E-state index in [2.05, 4.69) is 20.2 Å². The Bertz CT molecular complexity index is 938. The molecule has 7 nitrogen and oxygen atoms in total. The van der Waals surface area contributed by atoms with Gasteiger partial charge in [0.05, 0.1) is 17.4 Å². The van der Waals surface area contributed by atoms with E-state index in [0.717, 1.165) is 4.90 Å². The van der Waals surface area contributed by atoms with Crippen molar-refractivity contribution in [2.75, 3.05) is 4.90 Å². The van der Waals surface area contributed by atoms with Crippen molar-refractivity contribution in [3.05, 3.63) is 41.7 Å². The minimum atomic E-state index is -0.788. The van der Waals surface area contributed by atoms with E-state index in [9.17, 15) is 9.18 Å². The number of fused-ring (bicyclic) bond motifs is 1. The molecule has 1 N–H and O–H groups in total. The van der Waals surface area contributed by atoms with E-state index in [0.29, 0.717) is 10.9 Å². The van der Waals surface area contributed by atoms with Gasteiger partial charge in [0.2, 0.25) is 5.28 Å². The summed E-state index contributed by atoms with van der Waals surface area (Å²) in [7, 11) is 0. The number of carbonyl (C=O) groups excluding carboxylic acids is 1. The molecule has 1 amide bonds. The summed E-state index contributed by atoms with van der Waals surface area (Å²) in [5.74, 6) is -0.548. The summed E-state index contributed by atoms with van der Waals surface area (Å²) in [5.41, 5.74) is -0.299. The van der Waals surface area contributed by atoms with Gasteiger partial charge in [-0.3, -0.25) is 5.10 Å². The number of amides is 1. The molecule has 0 aliphatic rings. The maximum Gasteiger partial charge on any atom is 0.420 e. The fourth-order valence-corrected chi connectivity index (χ4v) is 2.34. The molecular formula is C16H15ClFN5O2. The van der Waals surface area contributed by atoms with Crippen molar-refractivity contribution in [3.63, 3.8) is 0 Å². The first-order valence-electron chi connectivity index (χ1n) is 7.39. The van der Waals surface area contributed by atoms with E-state index in [1.807, 2.05) is 0 Å². The summed E-state index contributed by atoms with van der Waals surface area (Å²) in [6.07, 6.45) is 2.11. The van der Waals surface area contributed by atoms with E-state index in [1.165, 1.54) is 30.6 Å². The molecule has 0 aliphatic heterocycles. The number of benzene rings is 1. The van der Waals surface area contributed by atoms with Crippen LogP contribution in [0.1, 0.15) is 20.8 Å². The minimum absolute atomic E-state index is 0.0297. The number of nitrogens with zero attached hydrogens (tertiary/aromatic N) is 4.